The van der Waals surface area contributed by atoms with Crippen LogP contribution < -0.4 is 9.64 Å². The first kappa shape index (κ1) is 40.3. The summed E-state index contributed by atoms with van der Waals surface area (Å²) in [6.07, 6.45) is 1.88. The van der Waals surface area contributed by atoms with Gasteiger partial charge in [-0.2, -0.15) is 0 Å². The first-order valence-corrected chi connectivity index (χ1v) is 25.4. The van der Waals surface area contributed by atoms with E-state index in [9.17, 15) is 0 Å². The first-order valence-electron chi connectivity index (χ1n) is 27.9. The fourth-order valence-electron chi connectivity index (χ4n) is 11.1. The summed E-state index contributed by atoms with van der Waals surface area (Å²) in [4.78, 5) is 11.2. The summed E-state index contributed by atoms with van der Waals surface area (Å²) in [7, 11) is 0. The Morgan fingerprint density at radius 2 is 1.15 bits per heavy atom. The number of hydrogen-bond acceptors (Lipinski definition) is 3. The van der Waals surface area contributed by atoms with Crippen molar-refractivity contribution in [2.75, 3.05) is 4.90 Å². The van der Waals surface area contributed by atoms with E-state index in [4.69, 9.17) is 23.1 Å². The van der Waals surface area contributed by atoms with Crippen LogP contribution in [-0.2, 0) is 17.5 Å². The van der Waals surface area contributed by atoms with Crippen LogP contribution in [-0.4, -0.2) is 14.1 Å². The molecule has 0 atom stereocenters. The fraction of sp³-hybridized carbons (Fsp3) is 0.130. The Labute approximate surface area is 444 Å². The van der Waals surface area contributed by atoms with Crippen LogP contribution >= 0.6 is 0 Å². The molecule has 1 aliphatic heterocycles. The van der Waals surface area contributed by atoms with Crippen LogP contribution in [0.5, 0.6) is 11.5 Å². The average Bonchev–Trinajstić information content (AvgIpc) is 4.04. The predicted molar refractivity (Wildman–Crippen MR) is 314 cm³/mol. The summed E-state index contributed by atoms with van der Waals surface area (Å²) in [5.74, 6) is 1.95. The highest BCUT2D eigenvalue weighted by Gasteiger charge is 2.27. The Morgan fingerprint density at radius 3 is 1.85 bits per heavy atom. The number of pyridine rings is 1. The van der Waals surface area contributed by atoms with E-state index in [-0.39, 0.29) is 40.6 Å². The lowest BCUT2D eigenvalue weighted by Gasteiger charge is -2.23. The highest BCUT2D eigenvalue weighted by atomic mass is 16.5. The first-order chi connectivity index (χ1) is 38.5. The second-order valence-corrected chi connectivity index (χ2v) is 21.6. The molecule has 0 N–H and O–H groups in total. The van der Waals surface area contributed by atoms with Gasteiger partial charge in [-0.05, 0) is 115 Å². The average molecular weight is 975 g/mol. The molecule has 0 spiro atoms. The van der Waals surface area contributed by atoms with Gasteiger partial charge in [-0.1, -0.05) is 181 Å². The Morgan fingerprint density at radius 1 is 0.520 bits per heavy atom. The standard InChI is InChI=1S/C69H55N5O/c1-68(2,3)47-33-34-71-65(38-47)74-62-29-16-15-25-58(62)59-32-31-51(42-64(59)74)75-52-40-49(70-7)39-50(41-52)72-43-73-66-53(46-35-45(44-19-9-8-10-20-44)36-48(37-46)69(4,5)6)26-17-27-60(66)56-23-13-11-21-54(56)55-22-12-14-24-57(55)61-28-18-30-63(72)67(61)73/h8-42H,43H2,1-6H3/i8D,9D,10D,19D,20D. The molecule has 12 aromatic rings. The van der Waals surface area contributed by atoms with Crippen molar-refractivity contribution in [1.82, 2.24) is 14.1 Å². The van der Waals surface area contributed by atoms with E-state index >= 15 is 0 Å². The van der Waals surface area contributed by atoms with Crippen molar-refractivity contribution < 1.29 is 11.6 Å². The van der Waals surface area contributed by atoms with Crippen LogP contribution in [0.4, 0.5) is 17.1 Å². The Kier molecular flexibility index (Phi) is 9.41. The molecule has 75 heavy (non-hydrogen) atoms. The summed E-state index contributed by atoms with van der Waals surface area (Å²) in [6.45, 7) is 21.8. The van der Waals surface area contributed by atoms with Gasteiger partial charge in [0.05, 0.1) is 41.2 Å². The maximum Gasteiger partial charge on any atom is 0.192 e. The second-order valence-electron chi connectivity index (χ2n) is 21.6. The molecule has 6 heteroatoms. The van der Waals surface area contributed by atoms with Crippen LogP contribution in [0, 0.1) is 6.57 Å². The molecule has 362 valence electrons. The fourth-order valence-corrected chi connectivity index (χ4v) is 11.1. The normalized spacial score (nSPS) is 13.5. The molecule has 6 nitrogen and oxygen atoms in total. The van der Waals surface area contributed by atoms with Gasteiger partial charge in [0.15, 0.2) is 5.69 Å². The molecule has 13 rings (SSSR count). The zero-order chi connectivity index (χ0) is 55.5. The summed E-state index contributed by atoms with van der Waals surface area (Å²) in [6, 6.07) is 58.9. The van der Waals surface area contributed by atoms with Crippen LogP contribution in [0.25, 0.3) is 98.1 Å². The van der Waals surface area contributed by atoms with Crippen molar-refractivity contribution in [2.45, 2.75) is 59.0 Å². The number of benzene rings is 9. The highest BCUT2D eigenvalue weighted by molar-refractivity contribution is 6.22. The molecule has 0 unspecified atom stereocenters. The van der Waals surface area contributed by atoms with Gasteiger partial charge < -0.3 is 14.2 Å². The van der Waals surface area contributed by atoms with Gasteiger partial charge in [0, 0.05) is 51.1 Å². The van der Waals surface area contributed by atoms with Crippen molar-refractivity contribution in [3.8, 4) is 39.6 Å². The predicted octanol–water partition coefficient (Wildman–Crippen LogP) is 19.1. The van der Waals surface area contributed by atoms with Crippen molar-refractivity contribution in [1.29, 1.82) is 0 Å². The molecule has 0 bridgehead atoms. The van der Waals surface area contributed by atoms with Crippen LogP contribution in [0.2, 0.25) is 0 Å². The molecule has 0 amide bonds. The highest BCUT2D eigenvalue weighted by Crippen LogP contribution is 2.47. The van der Waals surface area contributed by atoms with Gasteiger partial charge >= 0.3 is 0 Å². The summed E-state index contributed by atoms with van der Waals surface area (Å²) >= 11 is 0. The molecule has 0 radical (unpaired) electrons. The number of aromatic nitrogens is 3. The van der Waals surface area contributed by atoms with Gasteiger partial charge in [-0.15, -0.1) is 0 Å². The SMILES string of the molecule is [2H]c1c([2H])c([2H])c(-c2cc(-c3cccc4c5ccccc5c5ccccc5c5cccc6c5n(c34)CN6c3cc([N+]#[C-])cc(Oc4ccc5c6ccccc6n(-c6cc(C(C)(C)C)ccn6)c5c4)c3)cc(C(C)(C)C)c2)c([2H])c1[2H]. The number of nitrogens with zero attached hydrogens (tertiary/aromatic N) is 5. The Hall–Kier alpha value is -9.18. The lowest BCUT2D eigenvalue weighted by Crippen LogP contribution is -2.15. The minimum Gasteiger partial charge on any atom is -0.459 e. The van der Waals surface area contributed by atoms with Crippen molar-refractivity contribution >= 4 is 82.2 Å². The minimum absolute atomic E-state index is 0.0791. The maximum atomic E-state index is 9.11. The third-order valence-corrected chi connectivity index (χ3v) is 14.8. The zero-order valence-corrected chi connectivity index (χ0v) is 42.7. The molecule has 0 saturated carbocycles. The van der Waals surface area contributed by atoms with E-state index in [0.717, 1.165) is 99.0 Å². The summed E-state index contributed by atoms with van der Waals surface area (Å²) in [5.41, 5.74) is 10.1. The van der Waals surface area contributed by atoms with Gasteiger partial charge in [0.1, 0.15) is 24.0 Å². The lowest BCUT2D eigenvalue weighted by molar-refractivity contribution is 0.483. The zero-order valence-electron chi connectivity index (χ0n) is 47.7. The number of rotatable bonds is 6. The van der Waals surface area contributed by atoms with E-state index in [1.54, 1.807) is 6.07 Å². The third-order valence-electron chi connectivity index (χ3n) is 14.8. The van der Waals surface area contributed by atoms with E-state index in [2.05, 4.69) is 200 Å². The quantitative estimate of drug-likeness (QED) is 0.156. The summed E-state index contributed by atoms with van der Waals surface area (Å²) < 4.78 is 55.5. The molecular formula is C69H55N5O. The van der Waals surface area contributed by atoms with Crippen molar-refractivity contribution in [3.05, 3.63) is 235 Å². The van der Waals surface area contributed by atoms with E-state index < -0.39 is 6.04 Å². The van der Waals surface area contributed by atoms with E-state index in [1.807, 2.05) is 36.5 Å². The molecule has 0 saturated heterocycles. The second kappa shape index (κ2) is 17.5. The van der Waals surface area contributed by atoms with Gasteiger partial charge in [-0.3, -0.25) is 4.57 Å². The summed E-state index contributed by atoms with van der Waals surface area (Å²) in [5, 5.41) is 8.50. The lowest BCUT2D eigenvalue weighted by atomic mass is 9.83. The van der Waals surface area contributed by atoms with Crippen LogP contribution in [0.3, 0.4) is 0 Å². The van der Waals surface area contributed by atoms with Crippen LogP contribution in [0.1, 0.15) is 59.5 Å². The minimum atomic E-state index is -0.429. The van der Waals surface area contributed by atoms with Crippen molar-refractivity contribution in [3.63, 3.8) is 0 Å². The molecule has 0 fully saturated rings. The molecule has 4 heterocycles. The molecular weight excluding hydrogens is 915 g/mol. The largest absolute Gasteiger partial charge is 0.459 e. The molecule has 9 aromatic carbocycles. The van der Waals surface area contributed by atoms with E-state index in [0.29, 0.717) is 29.4 Å². The van der Waals surface area contributed by atoms with Gasteiger partial charge in [0.25, 0.3) is 0 Å². The number of hydrogen-bond donors (Lipinski definition) is 0. The van der Waals surface area contributed by atoms with Gasteiger partial charge in [0.2, 0.25) is 0 Å². The Bertz CT molecular complexity index is 4700. The topological polar surface area (TPSA) is 39.6 Å². The monoisotopic (exact) mass is 974 g/mol. The van der Waals surface area contributed by atoms with Crippen molar-refractivity contribution in [2.24, 2.45) is 0 Å². The maximum absolute atomic E-state index is 9.11. The van der Waals surface area contributed by atoms with Crippen LogP contribution in [0.15, 0.2) is 212 Å². The molecule has 0 aliphatic carbocycles. The number of para-hydroxylation sites is 3. The Balaban J connectivity index is 1.04. The molecule has 3 aromatic heterocycles. The molecule has 1 aliphatic rings. The smallest absolute Gasteiger partial charge is 0.192 e. The third kappa shape index (κ3) is 7.82. The van der Waals surface area contributed by atoms with Gasteiger partial charge in [-0.25, -0.2) is 9.83 Å². The number of ether oxygens (including phenoxy) is 1. The number of fused-ring (bicyclic) bond motifs is 10. The van der Waals surface area contributed by atoms with E-state index in [1.165, 1.54) is 5.56 Å². The number of anilines is 2.